The van der Waals surface area contributed by atoms with Gasteiger partial charge in [0, 0.05) is 20.3 Å². The van der Waals surface area contributed by atoms with E-state index in [1.165, 1.54) is 13.8 Å². The molecule has 0 bridgehead atoms. The molecule has 0 heterocycles. The van der Waals surface area contributed by atoms with Crippen LogP contribution in [0.4, 0.5) is 0 Å². The van der Waals surface area contributed by atoms with Crippen LogP contribution in [0.2, 0.25) is 0 Å². The van der Waals surface area contributed by atoms with Gasteiger partial charge in [-0.05, 0) is 31.9 Å². The fraction of sp³-hybridized carbons (Fsp3) is 0.556. The topological polar surface area (TPSA) is 52.6 Å². The van der Waals surface area contributed by atoms with Crippen LogP contribution < -0.4 is 0 Å². The zero-order chi connectivity index (χ0) is 16.8. The second-order valence-corrected chi connectivity index (χ2v) is 5.05. The lowest BCUT2D eigenvalue weighted by molar-refractivity contribution is -0.146. The molecule has 0 aliphatic carbocycles. The van der Waals surface area contributed by atoms with E-state index in [-0.39, 0.29) is 18.0 Å². The lowest BCUT2D eigenvalue weighted by Crippen LogP contribution is -2.16. The van der Waals surface area contributed by atoms with Crippen LogP contribution in [0.5, 0.6) is 0 Å². The Bertz CT molecular complexity index is 419. The Kier molecular flexibility index (Phi) is 11.8. The summed E-state index contributed by atoms with van der Waals surface area (Å²) in [6.07, 6.45) is 13.5. The number of unbranched alkanes of at least 4 members (excludes halogenated alkanes) is 2. The third-order valence-electron chi connectivity index (χ3n) is 2.87. The molecule has 4 nitrogen and oxygen atoms in total. The molecule has 0 amide bonds. The smallest absolute Gasteiger partial charge is 0.308 e. The molecule has 1 unspecified atom stereocenters. The average molecular weight is 308 g/mol. The highest BCUT2D eigenvalue weighted by molar-refractivity contribution is 5.67. The predicted molar refractivity (Wildman–Crippen MR) is 88.1 cm³/mol. The van der Waals surface area contributed by atoms with Gasteiger partial charge in [-0.3, -0.25) is 9.59 Å². The molecule has 0 spiro atoms. The fourth-order valence-electron chi connectivity index (χ4n) is 1.90. The molecular weight excluding hydrogens is 280 g/mol. The molecule has 0 rings (SSSR count). The van der Waals surface area contributed by atoms with Crippen molar-refractivity contribution in [1.82, 2.24) is 0 Å². The lowest BCUT2D eigenvalue weighted by Gasteiger charge is -2.15. The number of hydrogen-bond acceptors (Lipinski definition) is 4. The Morgan fingerprint density at radius 1 is 1.09 bits per heavy atom. The average Bonchev–Trinajstić information content (AvgIpc) is 2.43. The Morgan fingerprint density at radius 2 is 1.82 bits per heavy atom. The Balaban J connectivity index is 4.76. The van der Waals surface area contributed by atoms with E-state index in [2.05, 4.69) is 6.92 Å². The van der Waals surface area contributed by atoms with Crippen molar-refractivity contribution in [2.24, 2.45) is 0 Å². The van der Waals surface area contributed by atoms with Gasteiger partial charge < -0.3 is 9.47 Å². The summed E-state index contributed by atoms with van der Waals surface area (Å²) in [6.45, 7) is 6.81. The maximum absolute atomic E-state index is 11.2. The largest absolute Gasteiger partial charge is 0.462 e. The van der Waals surface area contributed by atoms with Gasteiger partial charge >= 0.3 is 11.9 Å². The van der Waals surface area contributed by atoms with Crippen molar-refractivity contribution < 1.29 is 19.1 Å². The highest BCUT2D eigenvalue weighted by Gasteiger charge is 2.11. The number of allylic oxidation sites excluding steroid dienone is 4. The van der Waals surface area contributed by atoms with Gasteiger partial charge in [0.2, 0.25) is 0 Å². The maximum Gasteiger partial charge on any atom is 0.308 e. The molecule has 0 saturated heterocycles. The van der Waals surface area contributed by atoms with Gasteiger partial charge in [0.1, 0.15) is 11.9 Å². The number of hydrogen-bond donors (Lipinski definition) is 0. The molecule has 0 aliphatic rings. The zero-order valence-electron chi connectivity index (χ0n) is 14.1. The first kappa shape index (κ1) is 20.2. The third kappa shape index (κ3) is 11.9. The summed E-state index contributed by atoms with van der Waals surface area (Å²) in [5, 5.41) is 0. The van der Waals surface area contributed by atoms with Gasteiger partial charge in [0.15, 0.2) is 0 Å². The lowest BCUT2D eigenvalue weighted by atomic mass is 10.1. The maximum atomic E-state index is 11.2. The van der Waals surface area contributed by atoms with Crippen LogP contribution in [0.15, 0.2) is 36.1 Å². The van der Waals surface area contributed by atoms with Crippen LogP contribution in [-0.2, 0) is 19.1 Å². The second-order valence-electron chi connectivity index (χ2n) is 5.05. The molecule has 0 aliphatic heterocycles. The van der Waals surface area contributed by atoms with Crippen LogP contribution in [0.3, 0.4) is 0 Å². The summed E-state index contributed by atoms with van der Waals surface area (Å²) < 4.78 is 10.5. The standard InChI is InChI=1S/C18H28O4/c1-5-7-9-11-17(21-15(3)19)13-14-18(22-16(4)20)12-10-8-6-2/h5,7,9,11,13,18H,6,8,10,12,14H2,1-4H3. The highest BCUT2D eigenvalue weighted by atomic mass is 16.5. The normalized spacial score (nSPS) is 13.5. The van der Waals surface area contributed by atoms with E-state index in [4.69, 9.17) is 9.47 Å². The van der Waals surface area contributed by atoms with Gasteiger partial charge in [-0.1, -0.05) is 38.0 Å². The van der Waals surface area contributed by atoms with Crippen molar-refractivity contribution in [3.8, 4) is 0 Å². The molecule has 1 atom stereocenters. The predicted octanol–water partition coefficient (Wildman–Crippen LogP) is 4.47. The van der Waals surface area contributed by atoms with Crippen LogP contribution in [0, 0.1) is 0 Å². The van der Waals surface area contributed by atoms with Crippen LogP contribution in [0.1, 0.15) is 59.8 Å². The van der Waals surface area contributed by atoms with E-state index in [0.717, 1.165) is 25.7 Å². The Labute approximate surface area is 133 Å². The van der Waals surface area contributed by atoms with E-state index >= 15 is 0 Å². The van der Waals surface area contributed by atoms with Crippen molar-refractivity contribution in [3.63, 3.8) is 0 Å². The van der Waals surface area contributed by atoms with Crippen molar-refractivity contribution in [2.45, 2.75) is 65.9 Å². The molecule has 0 saturated carbocycles. The van der Waals surface area contributed by atoms with E-state index < -0.39 is 0 Å². The summed E-state index contributed by atoms with van der Waals surface area (Å²) in [6, 6.07) is 0. The number of ether oxygens (including phenoxy) is 2. The van der Waals surface area contributed by atoms with Gasteiger partial charge in [-0.25, -0.2) is 0 Å². The minimum atomic E-state index is -0.369. The summed E-state index contributed by atoms with van der Waals surface area (Å²) in [7, 11) is 0. The molecule has 22 heavy (non-hydrogen) atoms. The van der Waals surface area contributed by atoms with Crippen LogP contribution in [-0.4, -0.2) is 18.0 Å². The monoisotopic (exact) mass is 308 g/mol. The van der Waals surface area contributed by atoms with Gasteiger partial charge in [-0.15, -0.1) is 0 Å². The van der Waals surface area contributed by atoms with Crippen molar-refractivity contribution >= 4 is 11.9 Å². The minimum Gasteiger partial charge on any atom is -0.462 e. The molecule has 0 radical (unpaired) electrons. The third-order valence-corrected chi connectivity index (χ3v) is 2.87. The van der Waals surface area contributed by atoms with Crippen molar-refractivity contribution in [3.05, 3.63) is 36.1 Å². The van der Waals surface area contributed by atoms with Crippen LogP contribution >= 0.6 is 0 Å². The fourth-order valence-corrected chi connectivity index (χ4v) is 1.90. The highest BCUT2D eigenvalue weighted by Crippen LogP contribution is 2.14. The first-order chi connectivity index (χ1) is 10.5. The second kappa shape index (κ2) is 12.9. The summed E-state index contributed by atoms with van der Waals surface area (Å²) in [4.78, 5) is 22.3. The first-order valence-electron chi connectivity index (χ1n) is 7.84. The zero-order valence-corrected chi connectivity index (χ0v) is 14.1. The van der Waals surface area contributed by atoms with E-state index in [1.807, 2.05) is 19.1 Å². The number of carbonyl (C=O) groups excluding carboxylic acids is 2. The first-order valence-corrected chi connectivity index (χ1v) is 7.84. The summed E-state index contributed by atoms with van der Waals surface area (Å²) in [5.74, 6) is -0.182. The Morgan fingerprint density at radius 3 is 2.36 bits per heavy atom. The summed E-state index contributed by atoms with van der Waals surface area (Å²) in [5.41, 5.74) is 0. The number of esters is 2. The van der Waals surface area contributed by atoms with E-state index in [9.17, 15) is 9.59 Å². The van der Waals surface area contributed by atoms with Gasteiger partial charge in [-0.2, -0.15) is 0 Å². The molecule has 4 heteroatoms. The number of rotatable bonds is 10. The quantitative estimate of drug-likeness (QED) is 0.259. The van der Waals surface area contributed by atoms with Crippen molar-refractivity contribution in [1.29, 1.82) is 0 Å². The van der Waals surface area contributed by atoms with Crippen LogP contribution in [0.25, 0.3) is 0 Å². The van der Waals surface area contributed by atoms with Gasteiger partial charge in [0.05, 0.1) is 0 Å². The molecule has 0 aromatic heterocycles. The Hall–Kier alpha value is -1.84. The molecule has 0 fully saturated rings. The van der Waals surface area contributed by atoms with E-state index in [0.29, 0.717) is 12.2 Å². The molecule has 0 aromatic carbocycles. The molecule has 124 valence electrons. The number of carbonyl (C=O) groups is 2. The van der Waals surface area contributed by atoms with Gasteiger partial charge in [0.25, 0.3) is 0 Å². The molecule has 0 N–H and O–H groups in total. The summed E-state index contributed by atoms with van der Waals surface area (Å²) >= 11 is 0. The van der Waals surface area contributed by atoms with Crippen molar-refractivity contribution in [2.75, 3.05) is 0 Å². The van der Waals surface area contributed by atoms with E-state index in [1.54, 1.807) is 18.2 Å². The SMILES string of the molecule is CC=CC=CC(=CCC(CCCCC)OC(C)=O)OC(C)=O. The molecule has 0 aromatic rings. The minimum absolute atomic E-state index is 0.176. The molecular formula is C18H28O4.